The molecule has 6 heterocycles. The number of pyridine rings is 2. The Balaban J connectivity index is 0.954. The fraction of sp³-hybridized carbons (Fsp3) is 0.0345. The van der Waals surface area contributed by atoms with Crippen molar-refractivity contribution in [1.29, 1.82) is 0 Å². The molecule has 0 spiro atoms. The highest BCUT2D eigenvalue weighted by atomic mass is 15.1. The number of allylic oxidation sites excluding steroid dienone is 1. The zero-order valence-corrected chi connectivity index (χ0v) is 34.7. The number of aromatic nitrogens is 6. The van der Waals surface area contributed by atoms with Crippen molar-refractivity contribution in [1.82, 2.24) is 28.2 Å². The van der Waals surface area contributed by atoms with Crippen molar-refractivity contribution < 1.29 is 0 Å². The highest BCUT2D eigenvalue weighted by Gasteiger charge is 2.25. The second kappa shape index (κ2) is 13.5. The summed E-state index contributed by atoms with van der Waals surface area (Å²) in [7, 11) is 0. The van der Waals surface area contributed by atoms with Crippen molar-refractivity contribution in [2.24, 2.45) is 0 Å². The lowest BCUT2D eigenvalue weighted by atomic mass is 9.99. The van der Waals surface area contributed by atoms with Gasteiger partial charge in [-0.15, -0.1) is 0 Å². The van der Waals surface area contributed by atoms with Crippen molar-refractivity contribution in [2.75, 3.05) is 0 Å². The average Bonchev–Trinajstić information content (AvgIpc) is 4.09. The second-order valence-corrected chi connectivity index (χ2v) is 16.8. The molecule has 0 amide bonds. The summed E-state index contributed by atoms with van der Waals surface area (Å²) in [4.78, 5) is 10.9. The molecule has 0 saturated heterocycles. The number of hydrogen-bond acceptors (Lipinski definition) is 2. The van der Waals surface area contributed by atoms with Crippen molar-refractivity contribution in [2.45, 2.75) is 12.8 Å². The summed E-state index contributed by atoms with van der Waals surface area (Å²) in [6.45, 7) is 0. The number of hydrogen-bond donors (Lipinski definition) is 0. The van der Waals surface area contributed by atoms with Crippen molar-refractivity contribution in [3.05, 3.63) is 211 Å². The largest absolute Gasteiger partial charge is 0.313 e. The molecule has 6 heteroatoms. The van der Waals surface area contributed by atoms with Gasteiger partial charge in [0.25, 0.3) is 0 Å². The van der Waals surface area contributed by atoms with Gasteiger partial charge in [-0.1, -0.05) is 115 Å². The van der Waals surface area contributed by atoms with Crippen molar-refractivity contribution in [3.8, 4) is 34.4 Å². The fourth-order valence-corrected chi connectivity index (χ4v) is 10.9. The first-order valence-electron chi connectivity index (χ1n) is 22.1. The molecule has 64 heavy (non-hydrogen) atoms. The standard InChI is InChI=1S/C58H38N6/c1-3-17-37(18-4-1)61-45-27-11-7-21-39(45)55-49(61)33-35-51-57(55)41-23-9-13-29-47(41)63(51)53-31-15-25-43(59-53)44-26-16-32-54(60-44)64-48-30-14-10-24-42(48)58-52(64)36-34-50-56(58)40-22-8-12-28-46(40)62(50)38-19-5-2-6-20-38/h1-11,13-27,29-36H,12,28H2. The van der Waals surface area contributed by atoms with E-state index in [0.717, 1.165) is 63.6 Å². The minimum atomic E-state index is 0.814. The maximum Gasteiger partial charge on any atom is 0.138 e. The van der Waals surface area contributed by atoms with Gasteiger partial charge < -0.3 is 9.13 Å². The molecule has 0 atom stereocenters. The molecule has 7 aromatic carbocycles. The average molecular weight is 819 g/mol. The van der Waals surface area contributed by atoms with E-state index < -0.39 is 0 Å². The second-order valence-electron chi connectivity index (χ2n) is 16.8. The van der Waals surface area contributed by atoms with E-state index in [4.69, 9.17) is 9.97 Å². The maximum atomic E-state index is 5.43. The van der Waals surface area contributed by atoms with Crippen LogP contribution in [0, 0.1) is 0 Å². The Hall–Kier alpha value is -8.48. The monoisotopic (exact) mass is 818 g/mol. The molecule has 300 valence electrons. The molecule has 14 rings (SSSR count). The van der Waals surface area contributed by atoms with Crippen LogP contribution in [0.25, 0.3) is 117 Å². The Bertz CT molecular complexity index is 4070. The topological polar surface area (TPSA) is 45.5 Å². The summed E-state index contributed by atoms with van der Waals surface area (Å²) >= 11 is 0. The van der Waals surface area contributed by atoms with Crippen LogP contribution in [0.2, 0.25) is 0 Å². The minimum absolute atomic E-state index is 0.814. The third kappa shape index (κ3) is 4.90. The van der Waals surface area contributed by atoms with Gasteiger partial charge in [-0.2, -0.15) is 0 Å². The van der Waals surface area contributed by atoms with Crippen molar-refractivity contribution >= 4 is 82.4 Å². The zero-order chi connectivity index (χ0) is 41.9. The van der Waals surface area contributed by atoms with Crippen molar-refractivity contribution in [3.63, 3.8) is 0 Å². The molecule has 0 radical (unpaired) electrons. The van der Waals surface area contributed by atoms with Gasteiger partial charge >= 0.3 is 0 Å². The summed E-state index contributed by atoms with van der Waals surface area (Å²) in [6.07, 6.45) is 6.70. The van der Waals surface area contributed by atoms with Gasteiger partial charge in [-0.25, -0.2) is 9.97 Å². The molecule has 0 saturated carbocycles. The highest BCUT2D eigenvalue weighted by molar-refractivity contribution is 6.29. The molecule has 0 aliphatic heterocycles. The van der Waals surface area contributed by atoms with Crippen LogP contribution >= 0.6 is 0 Å². The SMILES string of the molecule is C1=Cc2c(n(-c3ccccc3)c3ccc4c(c5ccccc5n4-c4cccc(-c5cccc(-n6c7ccccc7c7c8c9ccccc9n(-c9ccccc9)c8ccc76)n5)n4)c23)CC1. The zero-order valence-electron chi connectivity index (χ0n) is 34.7. The molecule has 6 nitrogen and oxygen atoms in total. The van der Waals surface area contributed by atoms with E-state index in [-0.39, 0.29) is 0 Å². The predicted octanol–water partition coefficient (Wildman–Crippen LogP) is 14.3. The number of para-hydroxylation sites is 5. The fourth-order valence-electron chi connectivity index (χ4n) is 10.9. The molecular weight excluding hydrogens is 781 g/mol. The smallest absolute Gasteiger partial charge is 0.138 e. The quantitative estimate of drug-likeness (QED) is 0.174. The molecule has 1 aliphatic rings. The lowest BCUT2D eigenvalue weighted by molar-refractivity contribution is 0.888. The number of benzene rings is 7. The summed E-state index contributed by atoms with van der Waals surface area (Å²) in [5, 5.41) is 8.66. The van der Waals surface area contributed by atoms with Gasteiger partial charge in [0.1, 0.15) is 11.6 Å². The van der Waals surface area contributed by atoms with E-state index in [0.29, 0.717) is 0 Å². The normalized spacial score (nSPS) is 12.8. The first-order valence-corrected chi connectivity index (χ1v) is 22.1. The Kier molecular flexibility index (Phi) is 7.42. The van der Waals surface area contributed by atoms with Crippen LogP contribution in [0.5, 0.6) is 0 Å². The molecule has 13 aromatic rings. The molecular formula is C58H38N6. The Morgan fingerprint density at radius 1 is 0.328 bits per heavy atom. The van der Waals surface area contributed by atoms with E-state index in [1.165, 1.54) is 71.2 Å². The first kappa shape index (κ1) is 35.2. The summed E-state index contributed by atoms with van der Waals surface area (Å²) in [6, 6.07) is 69.5. The third-order valence-corrected chi connectivity index (χ3v) is 13.4. The number of nitrogens with zero attached hydrogens (tertiary/aromatic N) is 6. The molecule has 0 N–H and O–H groups in total. The number of rotatable bonds is 5. The van der Waals surface area contributed by atoms with Crippen LogP contribution < -0.4 is 0 Å². The van der Waals surface area contributed by atoms with Gasteiger partial charge in [0.05, 0.1) is 50.0 Å². The van der Waals surface area contributed by atoms with E-state index in [2.05, 4.69) is 225 Å². The van der Waals surface area contributed by atoms with Gasteiger partial charge in [-0.3, -0.25) is 9.13 Å². The molecule has 1 aliphatic carbocycles. The van der Waals surface area contributed by atoms with E-state index in [1.807, 2.05) is 0 Å². The Morgan fingerprint density at radius 3 is 1.28 bits per heavy atom. The molecule has 0 bridgehead atoms. The van der Waals surface area contributed by atoms with Gasteiger partial charge in [0.15, 0.2) is 0 Å². The Labute approximate surface area is 367 Å². The van der Waals surface area contributed by atoms with Gasteiger partial charge in [0, 0.05) is 60.3 Å². The summed E-state index contributed by atoms with van der Waals surface area (Å²) in [5.74, 6) is 1.71. The van der Waals surface area contributed by atoms with Crippen LogP contribution in [-0.2, 0) is 6.42 Å². The minimum Gasteiger partial charge on any atom is -0.313 e. The van der Waals surface area contributed by atoms with E-state index in [9.17, 15) is 0 Å². The maximum absolute atomic E-state index is 5.43. The van der Waals surface area contributed by atoms with Crippen LogP contribution in [0.15, 0.2) is 200 Å². The van der Waals surface area contributed by atoms with Crippen LogP contribution in [0.3, 0.4) is 0 Å². The van der Waals surface area contributed by atoms with Crippen LogP contribution in [0.1, 0.15) is 17.7 Å². The molecule has 6 aromatic heterocycles. The highest BCUT2D eigenvalue weighted by Crippen LogP contribution is 2.44. The van der Waals surface area contributed by atoms with Crippen LogP contribution in [0.4, 0.5) is 0 Å². The van der Waals surface area contributed by atoms with Gasteiger partial charge in [0.2, 0.25) is 0 Å². The van der Waals surface area contributed by atoms with Gasteiger partial charge in [-0.05, 0) is 104 Å². The lowest BCUT2D eigenvalue weighted by Crippen LogP contribution is -2.02. The first-order chi connectivity index (χ1) is 31.8. The molecule has 0 fully saturated rings. The lowest BCUT2D eigenvalue weighted by Gasteiger charge is -2.13. The predicted molar refractivity (Wildman–Crippen MR) is 265 cm³/mol. The van der Waals surface area contributed by atoms with Crippen LogP contribution in [-0.4, -0.2) is 28.2 Å². The van der Waals surface area contributed by atoms with E-state index in [1.54, 1.807) is 0 Å². The summed E-state index contributed by atoms with van der Waals surface area (Å²) in [5.41, 5.74) is 14.7. The third-order valence-electron chi connectivity index (χ3n) is 13.4. The Morgan fingerprint density at radius 2 is 0.750 bits per heavy atom. The summed E-state index contributed by atoms with van der Waals surface area (Å²) < 4.78 is 9.51. The number of fused-ring (bicyclic) bond motifs is 14. The molecule has 0 unspecified atom stereocenters. The van der Waals surface area contributed by atoms with E-state index >= 15 is 0 Å².